The third kappa shape index (κ3) is 6.85. The van der Waals surface area contributed by atoms with Crippen LogP contribution < -0.4 is 21.7 Å². The number of hydrogen-bond donors (Lipinski definition) is 6. The van der Waals surface area contributed by atoms with Gasteiger partial charge in [0.15, 0.2) is 5.96 Å². The maximum atomic E-state index is 12.4. The zero-order valence-electron chi connectivity index (χ0n) is 15.6. The Bertz CT molecular complexity index is 997. The maximum absolute atomic E-state index is 12.4. The Hall–Kier alpha value is -2.92. The molecule has 0 atom stereocenters. The molecule has 30 heavy (non-hydrogen) atoms. The first-order chi connectivity index (χ1) is 14.2. The molecule has 0 spiro atoms. The van der Waals surface area contributed by atoms with Crippen LogP contribution in [0.15, 0.2) is 45.3 Å². The summed E-state index contributed by atoms with van der Waals surface area (Å²) in [4.78, 5) is 35.6. The molecule has 2 aromatic rings. The van der Waals surface area contributed by atoms with Crippen LogP contribution in [0.3, 0.4) is 0 Å². The van der Waals surface area contributed by atoms with Crippen molar-refractivity contribution in [3.63, 3.8) is 0 Å². The van der Waals surface area contributed by atoms with Gasteiger partial charge in [-0.2, -0.15) is 0 Å². The van der Waals surface area contributed by atoms with Gasteiger partial charge >= 0.3 is 5.97 Å². The first-order valence-corrected chi connectivity index (χ1v) is 10.2. The summed E-state index contributed by atoms with van der Waals surface area (Å²) in [5.74, 6) is -2.15. The Morgan fingerprint density at radius 3 is 2.50 bits per heavy atom. The fourth-order valence-corrected chi connectivity index (χ4v) is 3.33. The number of hydrogen-bond acceptors (Lipinski definition) is 4. The molecular weight excluding hydrogens is 522 g/mol. The smallest absolute Gasteiger partial charge is 0.303 e. The third-order valence-electron chi connectivity index (χ3n) is 3.87. The van der Waals surface area contributed by atoms with Crippen molar-refractivity contribution in [2.24, 2.45) is 5.73 Å². The number of benzene rings is 2. The molecule has 7 N–H and O–H groups in total. The molecule has 0 aromatic heterocycles. The summed E-state index contributed by atoms with van der Waals surface area (Å²) in [6.07, 6.45) is 0.150. The van der Waals surface area contributed by atoms with Crippen LogP contribution in [0.1, 0.15) is 22.3 Å². The lowest BCUT2D eigenvalue weighted by Crippen LogP contribution is -2.33. The molecule has 0 fully saturated rings. The van der Waals surface area contributed by atoms with E-state index in [0.717, 1.165) is 0 Å². The number of carbonyl (C=O) groups excluding carboxylic acids is 2. The summed E-state index contributed by atoms with van der Waals surface area (Å²) in [5, 5.41) is 24.0. The maximum Gasteiger partial charge on any atom is 0.303 e. The molecular formula is C19H19Br2N5O4. The third-order valence-corrected chi connectivity index (χ3v) is 5.88. The van der Waals surface area contributed by atoms with E-state index in [9.17, 15) is 14.4 Å². The summed E-state index contributed by atoms with van der Waals surface area (Å²) >= 11 is 6.73. The van der Waals surface area contributed by atoms with Gasteiger partial charge < -0.3 is 26.8 Å². The first-order valence-electron chi connectivity index (χ1n) is 8.65. The van der Waals surface area contributed by atoms with Crippen LogP contribution in [-0.4, -0.2) is 35.4 Å². The van der Waals surface area contributed by atoms with E-state index in [1.54, 1.807) is 30.3 Å². The van der Waals surface area contributed by atoms with Crippen molar-refractivity contribution in [2.75, 3.05) is 17.2 Å². The van der Waals surface area contributed by atoms with E-state index in [1.165, 1.54) is 6.07 Å². The molecule has 2 rings (SSSR count). The number of rotatable bonds is 8. The van der Waals surface area contributed by atoms with Gasteiger partial charge in [-0.1, -0.05) is 12.1 Å². The number of carboxylic acids is 1. The van der Waals surface area contributed by atoms with Gasteiger partial charge in [-0.05, 0) is 68.1 Å². The van der Waals surface area contributed by atoms with E-state index in [1.807, 2.05) is 0 Å². The number of anilines is 2. The number of carboxylic acid groups (broad SMARTS) is 1. The molecule has 0 bridgehead atoms. The molecule has 2 amide bonds. The van der Waals surface area contributed by atoms with Gasteiger partial charge in [0.05, 0.1) is 16.7 Å². The highest BCUT2D eigenvalue weighted by Gasteiger charge is 2.15. The Balaban J connectivity index is 2.04. The van der Waals surface area contributed by atoms with Crippen LogP contribution in [0.5, 0.6) is 0 Å². The van der Waals surface area contributed by atoms with E-state index in [2.05, 4.69) is 47.8 Å². The summed E-state index contributed by atoms with van der Waals surface area (Å²) in [7, 11) is 0. The first kappa shape index (κ1) is 23.4. The highest BCUT2D eigenvalue weighted by atomic mass is 79.9. The lowest BCUT2D eigenvalue weighted by atomic mass is 10.1. The molecule has 9 nitrogen and oxygen atoms in total. The fraction of sp³-hybridized carbons (Fsp3) is 0.158. The second kappa shape index (κ2) is 10.7. The van der Waals surface area contributed by atoms with E-state index in [-0.39, 0.29) is 25.3 Å². The molecule has 0 radical (unpaired) electrons. The lowest BCUT2D eigenvalue weighted by molar-refractivity contribution is -0.137. The standard InChI is InChI=1S/C19H19Br2N5O4/c20-13-6-4-10(5-7-15(28)29)17(16(13)21)26-14(27)9-24-18(30)11-2-1-3-12(8-11)25-19(22)23/h1-4,6,8H,5,7,9H2,(H,24,30)(H,26,27)(H,28,29)(H4,22,23,25). The van der Waals surface area contributed by atoms with Crippen LogP contribution in [-0.2, 0) is 16.0 Å². The quantitative estimate of drug-likeness (QED) is 0.223. The average molecular weight is 541 g/mol. The largest absolute Gasteiger partial charge is 0.481 e. The molecule has 158 valence electrons. The van der Waals surface area contributed by atoms with Crippen molar-refractivity contribution >= 4 is 67.0 Å². The van der Waals surface area contributed by atoms with Crippen LogP contribution in [0.2, 0.25) is 0 Å². The number of guanidine groups is 1. The van der Waals surface area contributed by atoms with Crippen LogP contribution in [0.25, 0.3) is 0 Å². The minimum absolute atomic E-state index is 0.0850. The Morgan fingerprint density at radius 2 is 1.83 bits per heavy atom. The second-order valence-corrected chi connectivity index (χ2v) is 7.79. The second-order valence-electron chi connectivity index (χ2n) is 6.14. The van der Waals surface area contributed by atoms with Crippen molar-refractivity contribution in [3.8, 4) is 0 Å². The molecule has 0 aliphatic rings. The van der Waals surface area contributed by atoms with Gasteiger partial charge in [0.25, 0.3) is 5.91 Å². The van der Waals surface area contributed by atoms with Crippen molar-refractivity contribution in [3.05, 3.63) is 56.5 Å². The number of amides is 2. The van der Waals surface area contributed by atoms with Gasteiger partial charge in [0, 0.05) is 22.1 Å². The van der Waals surface area contributed by atoms with Gasteiger partial charge in [-0.15, -0.1) is 0 Å². The van der Waals surface area contributed by atoms with Gasteiger partial charge in [0.2, 0.25) is 5.91 Å². The summed E-state index contributed by atoms with van der Waals surface area (Å²) in [6.45, 7) is -0.291. The molecule has 11 heteroatoms. The number of aryl methyl sites for hydroxylation is 1. The number of halogens is 2. The fourth-order valence-electron chi connectivity index (χ4n) is 2.52. The number of nitrogens with two attached hydrogens (primary N) is 1. The zero-order chi connectivity index (χ0) is 22.3. The monoisotopic (exact) mass is 539 g/mol. The van der Waals surface area contributed by atoms with Crippen molar-refractivity contribution in [2.45, 2.75) is 12.8 Å². The summed E-state index contributed by atoms with van der Waals surface area (Å²) in [5.41, 5.74) is 7.13. The van der Waals surface area contributed by atoms with E-state index < -0.39 is 17.8 Å². The molecule has 0 heterocycles. The van der Waals surface area contributed by atoms with Crippen molar-refractivity contribution < 1.29 is 19.5 Å². The molecule has 0 aliphatic carbocycles. The number of carbonyl (C=O) groups is 3. The number of aliphatic carboxylic acids is 1. The molecule has 0 saturated heterocycles. The van der Waals surface area contributed by atoms with Crippen LogP contribution >= 0.6 is 31.9 Å². The minimum atomic E-state index is -0.944. The average Bonchev–Trinajstić information content (AvgIpc) is 2.68. The lowest BCUT2D eigenvalue weighted by Gasteiger charge is -2.14. The SMILES string of the molecule is N=C(N)Nc1cccc(C(=O)NCC(=O)Nc2c(CCC(=O)O)ccc(Br)c2Br)c1. The Kier molecular flexibility index (Phi) is 8.36. The van der Waals surface area contributed by atoms with Gasteiger partial charge in [-0.3, -0.25) is 19.8 Å². The van der Waals surface area contributed by atoms with Crippen LogP contribution in [0, 0.1) is 5.41 Å². The molecule has 0 saturated carbocycles. The predicted octanol–water partition coefficient (Wildman–Crippen LogP) is 2.90. The molecule has 0 aliphatic heterocycles. The highest BCUT2D eigenvalue weighted by molar-refractivity contribution is 9.13. The van der Waals surface area contributed by atoms with Crippen molar-refractivity contribution in [1.29, 1.82) is 5.41 Å². The Morgan fingerprint density at radius 1 is 1.10 bits per heavy atom. The molecule has 0 unspecified atom stereocenters. The zero-order valence-corrected chi connectivity index (χ0v) is 18.8. The van der Waals surface area contributed by atoms with E-state index in [0.29, 0.717) is 31.4 Å². The van der Waals surface area contributed by atoms with Gasteiger partial charge in [0.1, 0.15) is 0 Å². The normalized spacial score (nSPS) is 10.2. The Labute approximate surface area is 189 Å². The van der Waals surface area contributed by atoms with Crippen molar-refractivity contribution in [1.82, 2.24) is 5.32 Å². The van der Waals surface area contributed by atoms with E-state index >= 15 is 0 Å². The molecule has 2 aromatic carbocycles. The van der Waals surface area contributed by atoms with Crippen LogP contribution in [0.4, 0.5) is 11.4 Å². The predicted molar refractivity (Wildman–Crippen MR) is 121 cm³/mol. The highest BCUT2D eigenvalue weighted by Crippen LogP contribution is 2.34. The summed E-state index contributed by atoms with van der Waals surface area (Å²) < 4.78 is 1.27. The summed E-state index contributed by atoms with van der Waals surface area (Å²) in [6, 6.07) is 9.80. The number of nitrogens with one attached hydrogen (secondary N) is 4. The minimum Gasteiger partial charge on any atom is -0.481 e. The van der Waals surface area contributed by atoms with E-state index in [4.69, 9.17) is 16.2 Å². The topological polar surface area (TPSA) is 157 Å². The van der Waals surface area contributed by atoms with Gasteiger partial charge in [-0.25, -0.2) is 0 Å².